The van der Waals surface area contributed by atoms with Crippen LogP contribution in [0.1, 0.15) is 37.5 Å². The molecular formula is C18H19NO2S. The quantitative estimate of drug-likeness (QED) is 0.823. The van der Waals surface area contributed by atoms with Crippen LogP contribution in [-0.2, 0) is 15.4 Å². The van der Waals surface area contributed by atoms with Crippen molar-refractivity contribution < 1.29 is 8.42 Å². The predicted octanol–water partition coefficient (Wildman–Crippen LogP) is 3.03. The van der Waals surface area contributed by atoms with Gasteiger partial charge in [-0.2, -0.15) is 0 Å². The minimum absolute atomic E-state index is 0.0498. The lowest BCUT2D eigenvalue weighted by molar-refractivity contribution is 0.590. The molecule has 22 heavy (non-hydrogen) atoms. The molecule has 0 heterocycles. The molecular weight excluding hydrogens is 294 g/mol. The third-order valence-electron chi connectivity index (χ3n) is 3.29. The fraction of sp³-hybridized carbons (Fsp3) is 0.222. The summed E-state index contributed by atoms with van der Waals surface area (Å²) in [6.07, 6.45) is 0. The second kappa shape index (κ2) is 5.96. The molecule has 3 nitrogen and oxygen atoms in total. The van der Waals surface area contributed by atoms with Crippen molar-refractivity contribution in [2.24, 2.45) is 5.14 Å². The summed E-state index contributed by atoms with van der Waals surface area (Å²) < 4.78 is 23.1. The van der Waals surface area contributed by atoms with Gasteiger partial charge in [-0.3, -0.25) is 0 Å². The zero-order valence-corrected chi connectivity index (χ0v) is 13.7. The Kier molecular flexibility index (Phi) is 4.41. The first-order valence-corrected chi connectivity index (χ1v) is 8.47. The maximum Gasteiger partial charge on any atom is 0.239 e. The van der Waals surface area contributed by atoms with Crippen molar-refractivity contribution >= 4 is 10.0 Å². The van der Waals surface area contributed by atoms with Gasteiger partial charge in [0.15, 0.2) is 0 Å². The first kappa shape index (κ1) is 16.3. The lowest BCUT2D eigenvalue weighted by Gasteiger charge is -2.18. The molecule has 0 amide bonds. The normalized spacial score (nSPS) is 11.6. The summed E-state index contributed by atoms with van der Waals surface area (Å²) in [5.41, 5.74) is 2.55. The van der Waals surface area contributed by atoms with E-state index in [1.54, 1.807) is 18.2 Å². The van der Waals surface area contributed by atoms with Crippen LogP contribution in [0.25, 0.3) is 0 Å². The van der Waals surface area contributed by atoms with Crippen LogP contribution in [-0.4, -0.2) is 8.42 Å². The molecule has 0 aliphatic heterocycles. The number of sulfonamides is 1. The van der Waals surface area contributed by atoms with Gasteiger partial charge < -0.3 is 0 Å². The van der Waals surface area contributed by atoms with E-state index in [2.05, 4.69) is 32.6 Å². The Morgan fingerprint density at radius 3 is 2.05 bits per heavy atom. The van der Waals surface area contributed by atoms with Gasteiger partial charge >= 0.3 is 0 Å². The molecule has 0 atom stereocenters. The number of benzene rings is 2. The highest BCUT2D eigenvalue weighted by atomic mass is 32.2. The van der Waals surface area contributed by atoms with Crippen LogP contribution in [0.5, 0.6) is 0 Å². The van der Waals surface area contributed by atoms with Crippen molar-refractivity contribution in [2.75, 3.05) is 0 Å². The summed E-state index contributed by atoms with van der Waals surface area (Å²) in [6.45, 7) is 6.45. The van der Waals surface area contributed by atoms with Gasteiger partial charge in [-0.15, -0.1) is 0 Å². The summed E-state index contributed by atoms with van der Waals surface area (Å²) in [7, 11) is -3.77. The molecule has 2 aromatic rings. The molecule has 0 spiro atoms. The van der Waals surface area contributed by atoms with E-state index in [1.807, 2.05) is 24.3 Å². The van der Waals surface area contributed by atoms with Crippen molar-refractivity contribution in [1.82, 2.24) is 0 Å². The number of primary sulfonamides is 1. The highest BCUT2D eigenvalue weighted by Crippen LogP contribution is 2.22. The molecule has 0 saturated carbocycles. The van der Waals surface area contributed by atoms with E-state index < -0.39 is 10.0 Å². The topological polar surface area (TPSA) is 60.2 Å². The Hall–Kier alpha value is -2.09. The second-order valence-electron chi connectivity index (χ2n) is 6.12. The lowest BCUT2D eigenvalue weighted by Crippen LogP contribution is -2.13. The molecule has 0 radical (unpaired) electrons. The molecule has 0 saturated heterocycles. The Labute approximate surface area is 132 Å². The summed E-state index contributed by atoms with van der Waals surface area (Å²) in [5.74, 6) is 5.87. The molecule has 0 fully saturated rings. The van der Waals surface area contributed by atoms with Crippen LogP contribution in [0, 0.1) is 11.8 Å². The maximum atomic E-state index is 11.5. The fourth-order valence-electron chi connectivity index (χ4n) is 2.01. The Balaban J connectivity index is 2.36. The van der Waals surface area contributed by atoms with Crippen molar-refractivity contribution in [1.29, 1.82) is 0 Å². The Morgan fingerprint density at radius 1 is 0.909 bits per heavy atom. The third kappa shape index (κ3) is 3.97. The van der Waals surface area contributed by atoms with Crippen LogP contribution in [0.2, 0.25) is 0 Å². The minimum atomic E-state index is -3.77. The second-order valence-corrected chi connectivity index (χ2v) is 7.65. The van der Waals surface area contributed by atoms with Crippen molar-refractivity contribution in [3.05, 3.63) is 65.2 Å². The van der Waals surface area contributed by atoms with E-state index in [1.165, 1.54) is 11.6 Å². The highest BCUT2D eigenvalue weighted by molar-refractivity contribution is 7.89. The van der Waals surface area contributed by atoms with Crippen LogP contribution in [0.3, 0.4) is 0 Å². The van der Waals surface area contributed by atoms with Crippen LogP contribution >= 0.6 is 0 Å². The average molecular weight is 313 g/mol. The molecule has 0 bridgehead atoms. The summed E-state index contributed by atoms with van der Waals surface area (Å²) >= 11 is 0. The minimum Gasteiger partial charge on any atom is -0.225 e. The molecule has 0 aliphatic carbocycles. The first-order valence-electron chi connectivity index (χ1n) is 6.92. The van der Waals surface area contributed by atoms with E-state index in [0.717, 1.165) is 5.56 Å². The van der Waals surface area contributed by atoms with Gasteiger partial charge in [-0.1, -0.05) is 56.9 Å². The number of nitrogens with two attached hydrogens (primary N) is 1. The van der Waals surface area contributed by atoms with E-state index in [4.69, 9.17) is 5.14 Å². The summed E-state index contributed by atoms with van der Waals surface area (Å²) in [5, 5.41) is 5.20. The highest BCUT2D eigenvalue weighted by Gasteiger charge is 2.13. The summed E-state index contributed by atoms with van der Waals surface area (Å²) in [4.78, 5) is 0.0498. The molecule has 2 rings (SSSR count). The first-order chi connectivity index (χ1) is 10.2. The molecule has 0 aliphatic rings. The Morgan fingerprint density at radius 2 is 1.50 bits per heavy atom. The standard InChI is InChI=1S/C18H19NO2S/c1-18(2,3)16-12-9-14(10-13-16)8-11-15-6-4-5-7-17(15)22(19,20)21/h4-7,9-10,12-13H,1-3H3,(H2,19,20,21). The maximum absolute atomic E-state index is 11.5. The molecule has 114 valence electrons. The summed E-state index contributed by atoms with van der Waals surface area (Å²) in [6, 6.07) is 14.4. The molecule has 4 heteroatoms. The average Bonchev–Trinajstić information content (AvgIpc) is 2.44. The van der Waals surface area contributed by atoms with Gasteiger partial charge in [-0.25, -0.2) is 13.6 Å². The zero-order valence-electron chi connectivity index (χ0n) is 12.9. The molecule has 2 aromatic carbocycles. The largest absolute Gasteiger partial charge is 0.239 e. The van der Waals surface area contributed by atoms with Crippen molar-refractivity contribution in [3.63, 3.8) is 0 Å². The van der Waals surface area contributed by atoms with Gasteiger partial charge in [-0.05, 0) is 35.2 Å². The van der Waals surface area contributed by atoms with Gasteiger partial charge in [0.05, 0.1) is 4.90 Å². The number of hydrogen-bond donors (Lipinski definition) is 1. The van der Waals surface area contributed by atoms with Gasteiger partial charge in [0, 0.05) is 11.1 Å². The van der Waals surface area contributed by atoms with Crippen molar-refractivity contribution in [3.8, 4) is 11.8 Å². The van der Waals surface area contributed by atoms with Crippen LogP contribution in [0.4, 0.5) is 0 Å². The van der Waals surface area contributed by atoms with Gasteiger partial charge in [0.25, 0.3) is 0 Å². The van der Waals surface area contributed by atoms with Gasteiger partial charge in [0.2, 0.25) is 10.0 Å². The van der Waals surface area contributed by atoms with E-state index in [0.29, 0.717) is 5.56 Å². The molecule has 0 aromatic heterocycles. The monoisotopic (exact) mass is 313 g/mol. The van der Waals surface area contributed by atoms with Crippen LogP contribution in [0.15, 0.2) is 53.4 Å². The lowest BCUT2D eigenvalue weighted by atomic mass is 9.87. The van der Waals surface area contributed by atoms with Crippen molar-refractivity contribution in [2.45, 2.75) is 31.1 Å². The predicted molar refractivity (Wildman–Crippen MR) is 88.9 cm³/mol. The smallest absolute Gasteiger partial charge is 0.225 e. The SMILES string of the molecule is CC(C)(C)c1ccc(C#Cc2ccccc2S(N)(=O)=O)cc1. The van der Waals surface area contributed by atoms with Gasteiger partial charge in [0.1, 0.15) is 0 Å². The van der Waals surface area contributed by atoms with E-state index >= 15 is 0 Å². The van der Waals surface area contributed by atoms with E-state index in [9.17, 15) is 8.42 Å². The fourth-order valence-corrected chi connectivity index (χ4v) is 2.70. The third-order valence-corrected chi connectivity index (χ3v) is 4.26. The zero-order chi connectivity index (χ0) is 16.4. The number of hydrogen-bond acceptors (Lipinski definition) is 2. The molecule has 2 N–H and O–H groups in total. The van der Waals surface area contributed by atoms with Crippen LogP contribution < -0.4 is 5.14 Å². The Bertz CT molecular complexity index is 833. The molecule has 0 unspecified atom stereocenters. The van der Waals surface area contributed by atoms with E-state index in [-0.39, 0.29) is 10.3 Å². The number of rotatable bonds is 1.